The zero-order valence-electron chi connectivity index (χ0n) is 24.2. The lowest BCUT2D eigenvalue weighted by atomic mass is 9.33. The summed E-state index contributed by atoms with van der Waals surface area (Å²) in [5, 5.41) is 19.2. The fourth-order valence-corrected chi connectivity index (χ4v) is 11.0. The summed E-state index contributed by atoms with van der Waals surface area (Å²) in [4.78, 5) is 12.9. The minimum absolute atomic E-state index is 0.0201. The molecule has 5 N–H and O–H groups in total. The number of carboxylic acid groups (broad SMARTS) is 1. The van der Waals surface area contributed by atoms with E-state index in [9.17, 15) is 9.90 Å². The number of nitrogens with zero attached hydrogens (tertiary/aromatic N) is 2. The van der Waals surface area contributed by atoms with Gasteiger partial charge in [0.1, 0.15) is 0 Å². The highest BCUT2D eigenvalue weighted by Gasteiger charge is 2.69. The van der Waals surface area contributed by atoms with Crippen molar-refractivity contribution in [1.29, 1.82) is 0 Å². The monoisotopic (exact) mass is 510 g/mol. The molecule has 0 aromatic carbocycles. The van der Waals surface area contributed by atoms with E-state index in [0.29, 0.717) is 23.7 Å². The highest BCUT2D eigenvalue weighted by molar-refractivity contribution is 5.91. The number of carboxylic acids is 1. The van der Waals surface area contributed by atoms with E-state index in [4.69, 9.17) is 11.5 Å². The Balaban J connectivity index is 1.57. The van der Waals surface area contributed by atoms with Gasteiger partial charge in [0, 0.05) is 11.1 Å². The number of rotatable bonds is 2. The van der Waals surface area contributed by atoms with Crippen molar-refractivity contribution in [3.05, 3.63) is 11.6 Å². The summed E-state index contributed by atoms with van der Waals surface area (Å²) in [6.45, 7) is 17.0. The molecule has 0 heterocycles. The van der Waals surface area contributed by atoms with Crippen molar-refractivity contribution in [3.63, 3.8) is 0 Å². The van der Waals surface area contributed by atoms with Crippen molar-refractivity contribution >= 4 is 17.6 Å². The molecular weight excluding hydrogens is 460 g/mol. The van der Waals surface area contributed by atoms with E-state index in [-0.39, 0.29) is 33.5 Å². The lowest BCUT2D eigenvalue weighted by Gasteiger charge is -2.71. The van der Waals surface area contributed by atoms with Crippen LogP contribution >= 0.6 is 0 Å². The first-order valence-corrected chi connectivity index (χ1v) is 14.7. The maximum Gasteiger partial charge on any atom is 0.310 e. The van der Waals surface area contributed by atoms with Crippen LogP contribution in [0.25, 0.3) is 0 Å². The van der Waals surface area contributed by atoms with Crippen LogP contribution in [0.3, 0.4) is 0 Å². The topological polar surface area (TPSA) is 114 Å². The Morgan fingerprint density at radius 2 is 1.68 bits per heavy atom. The Kier molecular flexibility index (Phi) is 6.02. The predicted molar refractivity (Wildman–Crippen MR) is 150 cm³/mol. The molecule has 5 rings (SSSR count). The summed E-state index contributed by atoms with van der Waals surface area (Å²) in [6.07, 6.45) is 11.7. The molecule has 4 fully saturated rings. The van der Waals surface area contributed by atoms with Gasteiger partial charge in [0.05, 0.1) is 5.41 Å². The highest BCUT2D eigenvalue weighted by atomic mass is 16.4. The quantitative estimate of drug-likeness (QED) is 0.174. The molecule has 0 amide bonds. The minimum Gasteiger partial charge on any atom is -0.481 e. The number of fused-ring (bicyclic) bond motifs is 7. The number of hydrogen-bond donors (Lipinski definition) is 3. The van der Waals surface area contributed by atoms with Gasteiger partial charge in [-0.25, -0.2) is 0 Å². The third-order valence-electron chi connectivity index (χ3n) is 13.5. The number of nitrogens with two attached hydrogens (primary N) is 2. The van der Waals surface area contributed by atoms with Crippen LogP contribution in [0.2, 0.25) is 0 Å². The van der Waals surface area contributed by atoms with Gasteiger partial charge < -0.3 is 16.6 Å². The van der Waals surface area contributed by atoms with Crippen LogP contribution in [0.1, 0.15) is 106 Å². The summed E-state index contributed by atoms with van der Waals surface area (Å²) in [5.41, 5.74) is 13.6. The first kappa shape index (κ1) is 26.7. The smallest absolute Gasteiger partial charge is 0.310 e. The Labute approximate surface area is 223 Å². The fraction of sp³-hybridized carbons (Fsp3) is 0.839. The van der Waals surface area contributed by atoms with Crippen molar-refractivity contribution in [3.8, 4) is 0 Å². The first-order valence-electron chi connectivity index (χ1n) is 14.7. The van der Waals surface area contributed by atoms with Gasteiger partial charge in [-0.05, 0) is 104 Å². The van der Waals surface area contributed by atoms with Crippen LogP contribution in [0.4, 0.5) is 0 Å². The molecular formula is C31H50N4O2. The van der Waals surface area contributed by atoms with Gasteiger partial charge in [0.2, 0.25) is 5.96 Å². The summed E-state index contributed by atoms with van der Waals surface area (Å²) in [7, 11) is 0. The normalized spacial score (nSPS) is 49.5. The highest BCUT2D eigenvalue weighted by Crippen LogP contribution is 2.75. The molecule has 6 heteroatoms. The SMILES string of the molecule is C[C@@H]1CC[C@]2(C(=O)O)CC[C@]3(C)C(=CCC4[C@@]5(C)CC/C(=N\N=C(N)N)C(C)(C)C5CC[C@]43C)C2[C@H]1C. The second kappa shape index (κ2) is 8.32. The van der Waals surface area contributed by atoms with Crippen molar-refractivity contribution in [2.75, 3.05) is 0 Å². The third kappa shape index (κ3) is 3.38. The zero-order chi connectivity index (χ0) is 27.2. The second-order valence-electron chi connectivity index (χ2n) is 14.9. The van der Waals surface area contributed by atoms with Crippen molar-refractivity contribution < 1.29 is 9.90 Å². The van der Waals surface area contributed by atoms with E-state index in [2.05, 4.69) is 64.7 Å². The number of carbonyl (C=O) groups is 1. The van der Waals surface area contributed by atoms with Crippen LogP contribution < -0.4 is 11.5 Å². The Morgan fingerprint density at radius 3 is 2.32 bits per heavy atom. The van der Waals surface area contributed by atoms with Gasteiger partial charge in [-0.3, -0.25) is 4.79 Å². The molecule has 3 unspecified atom stereocenters. The predicted octanol–water partition coefficient (Wildman–Crippen LogP) is 6.36. The van der Waals surface area contributed by atoms with Crippen LogP contribution in [0.5, 0.6) is 0 Å². The number of aliphatic carboxylic acids is 1. The molecule has 0 saturated heterocycles. The Hall–Kier alpha value is -1.85. The minimum atomic E-state index is -0.578. The molecule has 0 aliphatic heterocycles. The van der Waals surface area contributed by atoms with E-state index in [1.807, 2.05) is 0 Å². The fourth-order valence-electron chi connectivity index (χ4n) is 11.0. The molecule has 4 saturated carbocycles. The molecule has 9 atom stereocenters. The van der Waals surface area contributed by atoms with Gasteiger partial charge in [0.15, 0.2) is 0 Å². The number of guanidine groups is 1. The first-order chi connectivity index (χ1) is 17.1. The molecule has 5 aliphatic rings. The van der Waals surface area contributed by atoms with Gasteiger partial charge in [-0.15, -0.1) is 5.10 Å². The summed E-state index contributed by atoms with van der Waals surface area (Å²) in [6, 6.07) is 0. The molecule has 6 nitrogen and oxygen atoms in total. The third-order valence-corrected chi connectivity index (χ3v) is 13.5. The molecule has 0 aromatic heterocycles. The second-order valence-corrected chi connectivity index (χ2v) is 14.9. The molecule has 0 aromatic rings. The number of hydrogen-bond acceptors (Lipinski definition) is 3. The lowest BCUT2D eigenvalue weighted by molar-refractivity contribution is -0.180. The Bertz CT molecular complexity index is 1070. The summed E-state index contributed by atoms with van der Waals surface area (Å²) >= 11 is 0. The summed E-state index contributed by atoms with van der Waals surface area (Å²) in [5.74, 6) is 1.71. The standard InChI is InChI=1S/C31H50N4O2/c1-18-10-15-31(25(36)37)17-16-29(6)20(24(31)19(18)2)8-9-22-28(5)13-12-23(34-35-26(32)33)27(3,4)21(28)11-14-30(22,29)7/h8,18-19,21-22,24H,9-17H2,1-7H3,(H,36,37)(H4,32,33,35)/b34-23+/t18-,19+,21?,22?,24?,28+,29-,30-,31+/m1/s1. The maximum atomic E-state index is 12.9. The molecule has 0 spiro atoms. The average molecular weight is 511 g/mol. The van der Waals surface area contributed by atoms with Gasteiger partial charge in [-0.2, -0.15) is 5.10 Å². The van der Waals surface area contributed by atoms with Crippen molar-refractivity contribution in [2.24, 2.45) is 78.3 Å². The summed E-state index contributed by atoms with van der Waals surface area (Å²) < 4.78 is 0. The van der Waals surface area contributed by atoms with E-state index in [1.165, 1.54) is 18.4 Å². The van der Waals surface area contributed by atoms with Gasteiger partial charge >= 0.3 is 5.97 Å². The van der Waals surface area contributed by atoms with E-state index < -0.39 is 11.4 Å². The molecule has 0 bridgehead atoms. The van der Waals surface area contributed by atoms with Crippen LogP contribution in [-0.2, 0) is 4.79 Å². The molecule has 206 valence electrons. The van der Waals surface area contributed by atoms with E-state index in [1.54, 1.807) is 0 Å². The van der Waals surface area contributed by atoms with E-state index >= 15 is 0 Å². The lowest BCUT2D eigenvalue weighted by Crippen LogP contribution is -2.65. The average Bonchev–Trinajstić information content (AvgIpc) is 2.80. The maximum absolute atomic E-state index is 12.9. The molecule has 5 aliphatic carbocycles. The van der Waals surface area contributed by atoms with Crippen molar-refractivity contribution in [2.45, 2.75) is 106 Å². The number of allylic oxidation sites excluding steroid dienone is 2. The van der Waals surface area contributed by atoms with Crippen LogP contribution in [0.15, 0.2) is 21.9 Å². The van der Waals surface area contributed by atoms with Crippen molar-refractivity contribution in [1.82, 2.24) is 0 Å². The molecule has 0 radical (unpaired) electrons. The largest absolute Gasteiger partial charge is 0.481 e. The van der Waals surface area contributed by atoms with Crippen LogP contribution in [0, 0.1) is 56.7 Å². The van der Waals surface area contributed by atoms with E-state index in [0.717, 1.165) is 50.7 Å². The van der Waals surface area contributed by atoms with Gasteiger partial charge in [0.25, 0.3) is 0 Å². The zero-order valence-corrected chi connectivity index (χ0v) is 24.2. The van der Waals surface area contributed by atoms with Gasteiger partial charge in [-0.1, -0.05) is 60.1 Å². The molecule has 37 heavy (non-hydrogen) atoms. The Morgan fingerprint density at radius 1 is 0.973 bits per heavy atom. The van der Waals surface area contributed by atoms with Crippen LogP contribution in [-0.4, -0.2) is 22.7 Å².